The Balaban J connectivity index is 1.54. The quantitative estimate of drug-likeness (QED) is 0.322. The maximum Gasteiger partial charge on any atom is 0.340 e. The number of aromatic nitrogens is 2. The molecule has 0 radical (unpaired) electrons. The van der Waals surface area contributed by atoms with Crippen molar-refractivity contribution >= 4 is 67.6 Å². The van der Waals surface area contributed by atoms with E-state index in [0.717, 1.165) is 17.3 Å². The zero-order valence-corrected chi connectivity index (χ0v) is 22.8. The van der Waals surface area contributed by atoms with Gasteiger partial charge in [-0.1, -0.05) is 27.5 Å². The number of anilines is 2. The molecule has 3 aromatic rings. The first-order chi connectivity index (χ1) is 18.2. The molecular formula is C26H26BrClFN5O4. The van der Waals surface area contributed by atoms with E-state index in [2.05, 4.69) is 26.2 Å². The van der Waals surface area contributed by atoms with Crippen LogP contribution in [0.1, 0.15) is 46.7 Å². The highest BCUT2D eigenvalue weighted by Gasteiger charge is 2.29. The number of aryl methyl sites for hydroxylation is 1. The largest absolute Gasteiger partial charge is 0.462 e. The maximum atomic E-state index is 16.1. The molecule has 9 nitrogen and oxygen atoms in total. The van der Waals surface area contributed by atoms with Crippen LogP contribution in [0.3, 0.4) is 0 Å². The number of likely N-dealkylation sites (tertiary alicyclic amines) is 1. The number of ether oxygens (including phenoxy) is 1. The summed E-state index contributed by atoms with van der Waals surface area (Å²) in [7, 11) is 0. The van der Waals surface area contributed by atoms with E-state index < -0.39 is 17.7 Å². The van der Waals surface area contributed by atoms with Crippen molar-refractivity contribution in [3.63, 3.8) is 0 Å². The Morgan fingerprint density at radius 2 is 2.05 bits per heavy atom. The number of carbonyl (C=O) groups excluding carboxylic acids is 3. The SMILES string of the molecule is NC(=O)c1nc2c(F)c(Nc3ccc(Br)cc3Cl)c(C(=O)OCC3CC3)cc2n1CCCN1CCC(=O)C1. The van der Waals surface area contributed by atoms with Gasteiger partial charge in [-0.25, -0.2) is 14.2 Å². The summed E-state index contributed by atoms with van der Waals surface area (Å²) in [5.41, 5.74) is 5.91. The van der Waals surface area contributed by atoms with E-state index in [1.165, 1.54) is 10.6 Å². The molecule has 2 fully saturated rings. The minimum absolute atomic E-state index is 0.0445. The van der Waals surface area contributed by atoms with Gasteiger partial charge in [0.1, 0.15) is 11.3 Å². The van der Waals surface area contributed by atoms with Crippen LogP contribution in [0.25, 0.3) is 11.0 Å². The molecule has 1 amide bonds. The lowest BCUT2D eigenvalue weighted by atomic mass is 10.1. The van der Waals surface area contributed by atoms with Gasteiger partial charge in [0.05, 0.1) is 40.6 Å². The summed E-state index contributed by atoms with van der Waals surface area (Å²) in [6, 6.07) is 6.48. The van der Waals surface area contributed by atoms with Gasteiger partial charge >= 0.3 is 5.97 Å². The number of nitrogens with two attached hydrogens (primary N) is 1. The number of ketones is 1. The van der Waals surface area contributed by atoms with Crippen molar-refractivity contribution in [1.82, 2.24) is 14.5 Å². The highest BCUT2D eigenvalue weighted by atomic mass is 79.9. The van der Waals surface area contributed by atoms with Gasteiger partial charge in [-0.2, -0.15) is 0 Å². The number of amides is 1. The number of Topliss-reactive ketones (excluding diaryl/α,β-unsaturated/α-hetero) is 1. The number of primary amides is 1. The molecule has 1 aromatic heterocycles. The molecule has 38 heavy (non-hydrogen) atoms. The number of hydrogen-bond acceptors (Lipinski definition) is 7. The number of benzene rings is 2. The fourth-order valence-corrected chi connectivity index (χ4v) is 5.25. The molecule has 0 atom stereocenters. The normalized spacial score (nSPS) is 15.8. The Morgan fingerprint density at radius 1 is 1.26 bits per heavy atom. The smallest absolute Gasteiger partial charge is 0.340 e. The second kappa shape index (κ2) is 11.0. The van der Waals surface area contributed by atoms with Crippen molar-refractivity contribution in [2.45, 2.75) is 32.2 Å². The van der Waals surface area contributed by atoms with Crippen LogP contribution >= 0.6 is 27.5 Å². The van der Waals surface area contributed by atoms with Crippen LogP contribution in [0, 0.1) is 11.7 Å². The molecule has 200 valence electrons. The number of halogens is 3. The fourth-order valence-electron chi connectivity index (χ4n) is 4.53. The average molecular weight is 607 g/mol. The summed E-state index contributed by atoms with van der Waals surface area (Å²) in [6.07, 6.45) is 3.06. The van der Waals surface area contributed by atoms with Crippen LogP contribution < -0.4 is 11.1 Å². The number of esters is 1. The average Bonchev–Trinajstić information content (AvgIpc) is 3.50. The molecule has 2 aliphatic rings. The van der Waals surface area contributed by atoms with Gasteiger partial charge in [0.25, 0.3) is 5.91 Å². The number of carbonyl (C=O) groups is 3. The second-order valence-corrected chi connectivity index (χ2v) is 11.0. The predicted octanol–water partition coefficient (Wildman–Crippen LogP) is 4.67. The summed E-state index contributed by atoms with van der Waals surface area (Å²) in [5.74, 6) is -1.95. The first-order valence-electron chi connectivity index (χ1n) is 12.4. The Kier molecular flexibility index (Phi) is 7.69. The van der Waals surface area contributed by atoms with Crippen LogP contribution in [-0.2, 0) is 16.1 Å². The number of nitrogens with zero attached hydrogens (tertiary/aromatic N) is 3. The van der Waals surface area contributed by atoms with Gasteiger partial charge in [-0.15, -0.1) is 0 Å². The first kappa shape index (κ1) is 26.6. The van der Waals surface area contributed by atoms with Crippen LogP contribution in [0.2, 0.25) is 5.02 Å². The third-order valence-corrected chi connectivity index (χ3v) is 7.53. The lowest BCUT2D eigenvalue weighted by molar-refractivity contribution is -0.116. The molecule has 1 aliphatic carbocycles. The third-order valence-electron chi connectivity index (χ3n) is 6.73. The number of hydrogen-bond donors (Lipinski definition) is 2. The molecule has 2 aromatic carbocycles. The zero-order valence-electron chi connectivity index (χ0n) is 20.4. The molecular weight excluding hydrogens is 581 g/mol. The van der Waals surface area contributed by atoms with E-state index >= 15 is 4.39 Å². The van der Waals surface area contributed by atoms with Crippen molar-refractivity contribution in [2.75, 3.05) is 31.6 Å². The van der Waals surface area contributed by atoms with E-state index in [9.17, 15) is 14.4 Å². The van der Waals surface area contributed by atoms with Crippen molar-refractivity contribution in [3.8, 4) is 0 Å². The standard InChI is InChI=1S/C26H26BrClFN5O4/c27-15-4-5-19(18(28)10-15)31-22-17(26(37)38-13-14-2-3-14)11-20-23(21(22)29)32-25(24(30)36)34(20)8-1-7-33-9-6-16(35)12-33/h4-5,10-11,14,31H,1-3,6-9,12-13H2,(H2,30,36). The molecule has 1 saturated carbocycles. The monoisotopic (exact) mass is 605 g/mol. The fraction of sp³-hybridized carbons (Fsp3) is 0.385. The van der Waals surface area contributed by atoms with Crippen LogP contribution in [0.5, 0.6) is 0 Å². The molecule has 0 bridgehead atoms. The summed E-state index contributed by atoms with van der Waals surface area (Å²) >= 11 is 9.69. The Morgan fingerprint density at radius 3 is 2.71 bits per heavy atom. The molecule has 5 rings (SSSR count). The highest BCUT2D eigenvalue weighted by molar-refractivity contribution is 9.10. The molecule has 12 heteroatoms. The molecule has 1 aliphatic heterocycles. The lowest BCUT2D eigenvalue weighted by Crippen LogP contribution is -2.24. The van der Waals surface area contributed by atoms with Gasteiger partial charge < -0.3 is 20.4 Å². The highest BCUT2D eigenvalue weighted by Crippen LogP contribution is 2.36. The maximum absolute atomic E-state index is 16.1. The minimum atomic E-state index is -0.828. The topological polar surface area (TPSA) is 120 Å². The van der Waals surface area contributed by atoms with Crippen molar-refractivity contribution in [2.24, 2.45) is 11.7 Å². The van der Waals surface area contributed by atoms with Crippen molar-refractivity contribution in [1.29, 1.82) is 0 Å². The van der Waals surface area contributed by atoms with Crippen molar-refractivity contribution in [3.05, 3.63) is 51.0 Å². The van der Waals surface area contributed by atoms with Gasteiger partial charge in [0.2, 0.25) is 0 Å². The minimum Gasteiger partial charge on any atom is -0.462 e. The first-order valence-corrected chi connectivity index (χ1v) is 13.5. The van der Waals surface area contributed by atoms with Gasteiger partial charge in [-0.3, -0.25) is 14.5 Å². The van der Waals surface area contributed by atoms with Crippen LogP contribution in [0.15, 0.2) is 28.7 Å². The van der Waals surface area contributed by atoms with E-state index in [1.807, 2.05) is 4.90 Å². The second-order valence-electron chi connectivity index (χ2n) is 9.64. The Bertz CT molecular complexity index is 1440. The molecule has 2 heterocycles. The molecule has 0 spiro atoms. The number of imidazole rings is 1. The van der Waals surface area contributed by atoms with E-state index in [4.69, 9.17) is 22.1 Å². The Labute approximate surface area is 231 Å². The van der Waals surface area contributed by atoms with Gasteiger partial charge in [-0.05, 0) is 49.4 Å². The number of fused-ring (bicyclic) bond motifs is 1. The van der Waals surface area contributed by atoms with Crippen LogP contribution in [-0.4, -0.2) is 58.4 Å². The third kappa shape index (κ3) is 5.69. The summed E-state index contributed by atoms with van der Waals surface area (Å²) in [6.45, 7) is 2.24. The number of rotatable bonds is 10. The van der Waals surface area contributed by atoms with Crippen molar-refractivity contribution < 1.29 is 23.5 Å². The summed E-state index contributed by atoms with van der Waals surface area (Å²) in [4.78, 5) is 43.2. The molecule has 1 saturated heterocycles. The van der Waals surface area contributed by atoms with E-state index in [-0.39, 0.29) is 40.5 Å². The molecule has 0 unspecified atom stereocenters. The molecule has 3 N–H and O–H groups in total. The van der Waals surface area contributed by atoms with Crippen LogP contribution in [0.4, 0.5) is 15.8 Å². The number of nitrogens with one attached hydrogen (secondary N) is 1. The summed E-state index contributed by atoms with van der Waals surface area (Å²) < 4.78 is 23.8. The van der Waals surface area contributed by atoms with Gasteiger partial charge in [0, 0.05) is 30.5 Å². The Hall–Kier alpha value is -3.02. The predicted molar refractivity (Wildman–Crippen MR) is 144 cm³/mol. The zero-order chi connectivity index (χ0) is 27.0. The van der Waals surface area contributed by atoms with E-state index in [1.54, 1.807) is 18.2 Å². The lowest BCUT2D eigenvalue weighted by Gasteiger charge is -2.16. The summed E-state index contributed by atoms with van der Waals surface area (Å²) in [5, 5.41) is 3.23. The van der Waals surface area contributed by atoms with E-state index in [0.29, 0.717) is 55.6 Å². The van der Waals surface area contributed by atoms with Gasteiger partial charge in [0.15, 0.2) is 11.6 Å².